The van der Waals surface area contributed by atoms with Crippen molar-refractivity contribution in [2.45, 2.75) is 50.0 Å². The highest BCUT2D eigenvalue weighted by atomic mass is 32.2. The van der Waals surface area contributed by atoms with Gasteiger partial charge in [-0.05, 0) is 43.0 Å². The van der Waals surface area contributed by atoms with E-state index in [0.717, 1.165) is 19.3 Å². The third-order valence-corrected chi connectivity index (χ3v) is 5.32. The molecule has 0 radical (unpaired) electrons. The number of hydrogen-bond donors (Lipinski definition) is 2. The Kier molecular flexibility index (Phi) is 4.47. The minimum Gasteiger partial charge on any atom is -0.508 e. The zero-order valence-corrected chi connectivity index (χ0v) is 12.0. The van der Waals surface area contributed by atoms with E-state index in [0.29, 0.717) is 5.92 Å². The fraction of sp³-hybridized carbons (Fsp3) is 0.571. The van der Waals surface area contributed by atoms with Gasteiger partial charge in [0.1, 0.15) is 5.75 Å². The van der Waals surface area contributed by atoms with Gasteiger partial charge in [-0.25, -0.2) is 13.1 Å². The van der Waals surface area contributed by atoms with Crippen molar-refractivity contribution < 1.29 is 13.5 Å². The van der Waals surface area contributed by atoms with E-state index >= 15 is 0 Å². The first kappa shape index (κ1) is 14.3. The minimum atomic E-state index is -3.49. The Balaban J connectivity index is 2.13. The van der Waals surface area contributed by atoms with Crippen LogP contribution in [-0.4, -0.2) is 19.6 Å². The van der Waals surface area contributed by atoms with Gasteiger partial charge in [0.25, 0.3) is 0 Å². The van der Waals surface area contributed by atoms with Gasteiger partial charge >= 0.3 is 0 Å². The minimum absolute atomic E-state index is 0.0151. The number of phenolic OH excluding ortho intramolecular Hbond substituents is 1. The number of benzene rings is 1. The summed E-state index contributed by atoms with van der Waals surface area (Å²) in [6.07, 6.45) is 5.41. The number of aromatic hydroxyl groups is 1. The standard InChI is InChI=1S/C14H21NO3S/c1-11-5-3-2-4-6-14(11)15-19(17,18)13-9-7-12(16)8-10-13/h7-11,14-16H,2-6H2,1H3. The molecule has 106 valence electrons. The van der Waals surface area contributed by atoms with E-state index in [2.05, 4.69) is 11.6 Å². The molecule has 0 heterocycles. The molecule has 19 heavy (non-hydrogen) atoms. The van der Waals surface area contributed by atoms with Crippen LogP contribution in [0.1, 0.15) is 39.0 Å². The molecular formula is C14H21NO3S. The van der Waals surface area contributed by atoms with Crippen LogP contribution in [0, 0.1) is 5.92 Å². The van der Waals surface area contributed by atoms with Crippen molar-refractivity contribution in [3.63, 3.8) is 0 Å². The monoisotopic (exact) mass is 283 g/mol. The molecule has 2 unspecified atom stereocenters. The second kappa shape index (κ2) is 5.92. The molecule has 5 heteroatoms. The molecule has 0 spiro atoms. The maximum atomic E-state index is 12.3. The first-order valence-corrected chi connectivity index (χ1v) is 8.29. The number of rotatable bonds is 3. The summed E-state index contributed by atoms with van der Waals surface area (Å²) in [6, 6.07) is 5.66. The van der Waals surface area contributed by atoms with Crippen LogP contribution in [0.3, 0.4) is 0 Å². The molecule has 0 saturated heterocycles. The van der Waals surface area contributed by atoms with Crippen LogP contribution in [0.15, 0.2) is 29.2 Å². The van der Waals surface area contributed by atoms with E-state index in [4.69, 9.17) is 0 Å². The maximum Gasteiger partial charge on any atom is 0.240 e. The molecule has 2 atom stereocenters. The average molecular weight is 283 g/mol. The molecule has 2 rings (SSSR count). The molecule has 1 saturated carbocycles. The molecule has 1 aromatic rings. The topological polar surface area (TPSA) is 66.4 Å². The van der Waals surface area contributed by atoms with Gasteiger partial charge in [0.15, 0.2) is 0 Å². The Morgan fingerprint density at radius 2 is 1.74 bits per heavy atom. The SMILES string of the molecule is CC1CCCCCC1NS(=O)(=O)c1ccc(O)cc1. The number of hydrogen-bond acceptors (Lipinski definition) is 3. The van der Waals surface area contributed by atoms with Crippen LogP contribution in [0.2, 0.25) is 0 Å². The highest BCUT2D eigenvalue weighted by molar-refractivity contribution is 7.89. The van der Waals surface area contributed by atoms with Crippen molar-refractivity contribution in [3.05, 3.63) is 24.3 Å². The summed E-state index contributed by atoms with van der Waals surface area (Å²) in [4.78, 5) is 0.210. The van der Waals surface area contributed by atoms with Crippen molar-refractivity contribution in [1.82, 2.24) is 4.72 Å². The molecule has 4 nitrogen and oxygen atoms in total. The molecule has 1 aromatic carbocycles. The number of phenols is 1. The van der Waals surface area contributed by atoms with E-state index in [1.54, 1.807) is 0 Å². The zero-order chi connectivity index (χ0) is 13.9. The van der Waals surface area contributed by atoms with Gasteiger partial charge in [-0.3, -0.25) is 0 Å². The van der Waals surface area contributed by atoms with Gasteiger partial charge < -0.3 is 5.11 Å². The van der Waals surface area contributed by atoms with Crippen molar-refractivity contribution in [3.8, 4) is 5.75 Å². The van der Waals surface area contributed by atoms with Gasteiger partial charge in [-0.2, -0.15) is 0 Å². The molecule has 1 aliphatic rings. The summed E-state index contributed by atoms with van der Waals surface area (Å²) < 4.78 is 27.4. The van der Waals surface area contributed by atoms with Crippen molar-refractivity contribution in [2.24, 2.45) is 5.92 Å². The van der Waals surface area contributed by atoms with Gasteiger partial charge in [0, 0.05) is 6.04 Å². The molecule has 1 aliphatic carbocycles. The summed E-state index contributed by atoms with van der Waals surface area (Å²) in [6.45, 7) is 2.11. The van der Waals surface area contributed by atoms with Crippen LogP contribution < -0.4 is 4.72 Å². The molecular weight excluding hydrogens is 262 g/mol. The van der Waals surface area contributed by atoms with E-state index in [1.807, 2.05) is 0 Å². The Morgan fingerprint density at radius 3 is 2.42 bits per heavy atom. The molecule has 0 aromatic heterocycles. The Labute approximate surface area is 114 Å². The predicted octanol–water partition coefficient (Wildman–Crippen LogP) is 2.64. The average Bonchev–Trinajstić information content (AvgIpc) is 2.55. The molecule has 0 aliphatic heterocycles. The third-order valence-electron chi connectivity index (χ3n) is 3.82. The largest absolute Gasteiger partial charge is 0.508 e. The van der Waals surface area contributed by atoms with Crippen LogP contribution in [-0.2, 0) is 10.0 Å². The number of nitrogens with one attached hydrogen (secondary N) is 1. The Hall–Kier alpha value is -1.07. The lowest BCUT2D eigenvalue weighted by Gasteiger charge is -2.22. The first-order valence-electron chi connectivity index (χ1n) is 6.80. The quantitative estimate of drug-likeness (QED) is 0.838. The van der Waals surface area contributed by atoms with Crippen LogP contribution in [0.5, 0.6) is 5.75 Å². The fourth-order valence-corrected chi connectivity index (χ4v) is 3.94. The smallest absolute Gasteiger partial charge is 0.240 e. The van der Waals surface area contributed by atoms with Crippen molar-refractivity contribution in [1.29, 1.82) is 0 Å². The molecule has 0 bridgehead atoms. The Morgan fingerprint density at radius 1 is 1.11 bits per heavy atom. The van der Waals surface area contributed by atoms with Crippen molar-refractivity contribution in [2.75, 3.05) is 0 Å². The molecule has 2 N–H and O–H groups in total. The second-order valence-electron chi connectivity index (χ2n) is 5.34. The number of sulfonamides is 1. The summed E-state index contributed by atoms with van der Waals surface area (Å²) in [5.74, 6) is 0.441. The Bertz CT molecular complexity index is 510. The van der Waals surface area contributed by atoms with Gasteiger partial charge in [-0.1, -0.05) is 26.2 Å². The zero-order valence-electron chi connectivity index (χ0n) is 11.2. The van der Waals surface area contributed by atoms with Crippen LogP contribution in [0.25, 0.3) is 0 Å². The second-order valence-corrected chi connectivity index (χ2v) is 7.05. The van der Waals surface area contributed by atoms with Gasteiger partial charge in [0.2, 0.25) is 10.0 Å². The van der Waals surface area contributed by atoms with Crippen LogP contribution >= 0.6 is 0 Å². The summed E-state index contributed by atoms with van der Waals surface area (Å²) in [5, 5.41) is 9.21. The van der Waals surface area contributed by atoms with Gasteiger partial charge in [0.05, 0.1) is 4.90 Å². The highest BCUT2D eigenvalue weighted by Crippen LogP contribution is 2.24. The fourth-order valence-electron chi connectivity index (χ4n) is 2.56. The van der Waals surface area contributed by atoms with E-state index < -0.39 is 10.0 Å². The third kappa shape index (κ3) is 3.70. The van der Waals surface area contributed by atoms with Gasteiger partial charge in [-0.15, -0.1) is 0 Å². The summed E-state index contributed by atoms with van der Waals surface area (Å²) in [7, 11) is -3.49. The lowest BCUT2D eigenvalue weighted by Crippen LogP contribution is -2.38. The normalized spacial score (nSPS) is 24.9. The van der Waals surface area contributed by atoms with Crippen LogP contribution in [0.4, 0.5) is 0 Å². The summed E-state index contributed by atoms with van der Waals surface area (Å²) >= 11 is 0. The lowest BCUT2D eigenvalue weighted by molar-refractivity contribution is 0.399. The van der Waals surface area contributed by atoms with Crippen molar-refractivity contribution >= 4 is 10.0 Å². The summed E-state index contributed by atoms with van der Waals surface area (Å²) in [5.41, 5.74) is 0. The maximum absolute atomic E-state index is 12.3. The highest BCUT2D eigenvalue weighted by Gasteiger charge is 2.25. The first-order chi connectivity index (χ1) is 8.99. The molecule has 1 fully saturated rings. The lowest BCUT2D eigenvalue weighted by atomic mass is 9.98. The van der Waals surface area contributed by atoms with E-state index in [9.17, 15) is 13.5 Å². The molecule has 0 amide bonds. The van der Waals surface area contributed by atoms with E-state index in [-0.39, 0.29) is 16.7 Å². The predicted molar refractivity (Wildman–Crippen MR) is 74.5 cm³/mol. The van der Waals surface area contributed by atoms with E-state index in [1.165, 1.54) is 37.1 Å².